The maximum Gasteiger partial charge on any atom is 0.508 e. The van der Waals surface area contributed by atoms with E-state index in [9.17, 15) is 19.2 Å². The topological polar surface area (TPSA) is 124 Å². The van der Waals surface area contributed by atoms with Gasteiger partial charge in [0.25, 0.3) is 0 Å². The normalized spacial score (nSPS) is 17.4. The van der Waals surface area contributed by atoms with Gasteiger partial charge in [-0.15, -0.1) is 0 Å². The lowest BCUT2D eigenvalue weighted by molar-refractivity contribution is -0.140. The van der Waals surface area contributed by atoms with Crippen molar-refractivity contribution in [2.24, 2.45) is 23.7 Å². The largest absolute Gasteiger partial charge is 0.508 e. The highest BCUT2D eigenvalue weighted by molar-refractivity contribution is 5.87. The molecule has 0 aromatic rings. The highest BCUT2D eigenvalue weighted by Crippen LogP contribution is 2.47. The zero-order chi connectivity index (χ0) is 44.1. The molecule has 0 amide bonds. The number of carbonyl (C=O) groups excluding carboxylic acids is 4. The van der Waals surface area contributed by atoms with E-state index in [4.69, 9.17) is 42.3 Å². The molecule has 0 bridgehead atoms. The van der Waals surface area contributed by atoms with Gasteiger partial charge in [-0.1, -0.05) is 142 Å². The minimum Gasteiger partial charge on any atom is -0.459 e. The molecule has 0 aromatic heterocycles. The highest BCUT2D eigenvalue weighted by Gasteiger charge is 2.37. The van der Waals surface area contributed by atoms with Crippen molar-refractivity contribution in [2.75, 3.05) is 39.6 Å². The summed E-state index contributed by atoms with van der Waals surface area (Å²) in [5.74, 6) is 2.32. The van der Waals surface area contributed by atoms with Crippen molar-refractivity contribution < 1.29 is 47.6 Å². The van der Waals surface area contributed by atoms with Gasteiger partial charge in [-0.25, -0.2) is 19.2 Å². The lowest BCUT2D eigenvalue weighted by Crippen LogP contribution is -2.35. The van der Waals surface area contributed by atoms with Gasteiger partial charge in [0, 0.05) is 11.1 Å². The molecule has 0 aromatic carbocycles. The predicted molar refractivity (Wildman–Crippen MR) is 238 cm³/mol. The number of ether oxygens (including phenoxy) is 6. The van der Waals surface area contributed by atoms with Gasteiger partial charge in [-0.3, -0.25) is 0 Å². The summed E-state index contributed by atoms with van der Waals surface area (Å²) in [6, 6.07) is 0. The molecule has 0 N–H and O–H groups in total. The van der Waals surface area contributed by atoms with Crippen LogP contribution in [0.25, 0.3) is 0 Å². The predicted octanol–water partition coefficient (Wildman–Crippen LogP) is 13.4. The summed E-state index contributed by atoms with van der Waals surface area (Å²) in [4.78, 5) is 46.2. The van der Waals surface area contributed by atoms with E-state index in [-0.39, 0.29) is 26.4 Å². The summed E-state index contributed by atoms with van der Waals surface area (Å²) in [6.07, 6.45) is 31.7. The van der Waals surface area contributed by atoms with Crippen LogP contribution >= 0.6 is 0 Å². The van der Waals surface area contributed by atoms with Crippen LogP contribution in [0.5, 0.6) is 0 Å². The van der Waals surface area contributed by atoms with Crippen molar-refractivity contribution in [1.29, 1.82) is 0 Å². The molecule has 1 saturated carbocycles. The van der Waals surface area contributed by atoms with Gasteiger partial charge in [0.15, 0.2) is 0 Å². The summed E-state index contributed by atoms with van der Waals surface area (Å²) in [7, 11) is 0. The number of carbonyl (C=O) groups is 4. The quantitative estimate of drug-likeness (QED) is 0.0257. The fourth-order valence-electron chi connectivity index (χ4n) is 8.52. The fraction of sp³-hybridized carbons (Fsp3) is 0.800. The van der Waals surface area contributed by atoms with Gasteiger partial charge in [-0.05, 0) is 103 Å². The lowest BCUT2D eigenvalue weighted by Gasteiger charge is -2.44. The maximum atomic E-state index is 11.8. The molecule has 1 fully saturated rings. The second-order valence-electron chi connectivity index (χ2n) is 17.0. The molecule has 0 heterocycles. The first kappa shape index (κ1) is 55.0. The molecule has 1 aliphatic carbocycles. The summed E-state index contributed by atoms with van der Waals surface area (Å²) < 4.78 is 30.0. The van der Waals surface area contributed by atoms with Crippen LogP contribution in [-0.2, 0) is 38.0 Å². The summed E-state index contributed by atoms with van der Waals surface area (Å²) in [6.45, 7) is 22.5. The molecule has 1 aliphatic rings. The first-order chi connectivity index (χ1) is 29.1. The van der Waals surface area contributed by atoms with Gasteiger partial charge in [-0.2, -0.15) is 0 Å². The molecule has 4 unspecified atom stereocenters. The highest BCUT2D eigenvalue weighted by atomic mass is 16.7. The molecule has 0 saturated heterocycles. The summed E-state index contributed by atoms with van der Waals surface area (Å²) >= 11 is 0. The van der Waals surface area contributed by atoms with Crippen molar-refractivity contribution in [3.63, 3.8) is 0 Å². The average Bonchev–Trinajstić information content (AvgIpc) is 3.23. The Morgan fingerprint density at radius 3 is 1.07 bits per heavy atom. The number of esters is 2. The smallest absolute Gasteiger partial charge is 0.459 e. The van der Waals surface area contributed by atoms with E-state index in [1.165, 1.54) is 116 Å². The second-order valence-corrected chi connectivity index (χ2v) is 17.0. The molecular weight excluding hydrogens is 761 g/mol. The van der Waals surface area contributed by atoms with Crippen LogP contribution in [0.4, 0.5) is 9.59 Å². The van der Waals surface area contributed by atoms with Crippen LogP contribution in [0, 0.1) is 37.5 Å². The molecule has 10 heteroatoms. The Bertz CT molecular complexity index is 1150. The Labute approximate surface area is 366 Å². The number of hydrogen-bond donors (Lipinski definition) is 0. The average molecular weight is 845 g/mol. The third kappa shape index (κ3) is 29.3. The number of unbranched alkanes of at least 4 members (excludes halogenated alkanes) is 18. The molecule has 10 nitrogen and oxygen atoms in total. The fourth-order valence-corrected chi connectivity index (χ4v) is 8.52. The summed E-state index contributed by atoms with van der Waals surface area (Å²) in [5, 5.41) is 0. The monoisotopic (exact) mass is 845 g/mol. The van der Waals surface area contributed by atoms with Gasteiger partial charge < -0.3 is 28.4 Å². The third-order valence-corrected chi connectivity index (χ3v) is 11.8. The van der Waals surface area contributed by atoms with E-state index >= 15 is 0 Å². The van der Waals surface area contributed by atoms with Crippen molar-refractivity contribution in [3.05, 3.63) is 38.2 Å². The first-order valence-electron chi connectivity index (χ1n) is 23.7. The minimum absolute atomic E-state index is 0.0138. The zero-order valence-electron chi connectivity index (χ0n) is 38.0. The molecule has 60 heavy (non-hydrogen) atoms. The zero-order valence-corrected chi connectivity index (χ0v) is 38.0. The van der Waals surface area contributed by atoms with Crippen molar-refractivity contribution in [1.82, 2.24) is 0 Å². The van der Waals surface area contributed by atoms with Crippen molar-refractivity contribution >= 4 is 24.2 Å². The van der Waals surface area contributed by atoms with Crippen LogP contribution < -0.4 is 0 Å². The Kier molecular flexibility index (Phi) is 34.5. The van der Waals surface area contributed by atoms with E-state index in [0.717, 1.165) is 87.9 Å². The summed E-state index contributed by atoms with van der Waals surface area (Å²) in [5.41, 5.74) is 0.610. The molecule has 0 spiro atoms. The molecule has 344 valence electrons. The number of hydrogen-bond acceptors (Lipinski definition) is 10. The third-order valence-electron chi connectivity index (χ3n) is 11.8. The minimum atomic E-state index is -0.727. The molecule has 4 atom stereocenters. The van der Waals surface area contributed by atoms with E-state index in [1.54, 1.807) is 13.8 Å². The Balaban J connectivity index is 2.44. The molecule has 1 rings (SSSR count). The van der Waals surface area contributed by atoms with Gasteiger partial charge in [0.1, 0.15) is 26.4 Å². The van der Waals surface area contributed by atoms with Crippen LogP contribution in [-0.4, -0.2) is 63.9 Å². The first-order valence-corrected chi connectivity index (χ1v) is 23.7. The maximum absolute atomic E-state index is 11.8. The van der Waals surface area contributed by atoms with Crippen LogP contribution in [0.15, 0.2) is 24.3 Å². The Morgan fingerprint density at radius 2 is 0.683 bits per heavy atom. The molecule has 0 aliphatic heterocycles. The second kappa shape index (κ2) is 37.7. The van der Waals surface area contributed by atoms with Crippen LogP contribution in [0.3, 0.4) is 0 Å². The molecular formula is C50H84O10. The lowest BCUT2D eigenvalue weighted by atomic mass is 9.61. The van der Waals surface area contributed by atoms with Gasteiger partial charge in [0.05, 0.1) is 13.2 Å². The van der Waals surface area contributed by atoms with Crippen molar-refractivity contribution in [2.45, 2.75) is 194 Å². The number of rotatable bonds is 38. The Morgan fingerprint density at radius 1 is 0.400 bits per heavy atom. The standard InChI is InChI=1S/C50H84O10/c1-7-9-11-18-25-31-45-43(29-23-10-8-2)33-34-44(30-24-19-14-12-16-21-27-35-57-49(53)59-39-37-55-47(51)41(3)4)46(45)32-26-20-15-13-17-22-28-36-58-50(54)60-40-38-56-48(52)42(5)6/h1-2,43-46H,3,5,7-40H2,4,6H3. The SMILES string of the molecule is [CH]CCCCCCC1C(CCCC[CH])CCC(CCCCCCCCCOC(=O)OCCOC(=O)C(=C)C)C1CCCCCCCCCOC(=O)OCCOC(=O)C(=C)C. The van der Waals surface area contributed by atoms with Crippen LogP contribution in [0.1, 0.15) is 194 Å². The van der Waals surface area contributed by atoms with Crippen LogP contribution in [0.2, 0.25) is 0 Å². The Hall–Kier alpha value is -3.04. The van der Waals surface area contributed by atoms with Gasteiger partial charge >= 0.3 is 24.2 Å². The van der Waals surface area contributed by atoms with E-state index in [1.807, 2.05) is 0 Å². The van der Waals surface area contributed by atoms with E-state index < -0.39 is 24.2 Å². The molecule has 4 radical (unpaired) electrons. The van der Waals surface area contributed by atoms with E-state index in [0.29, 0.717) is 24.4 Å². The van der Waals surface area contributed by atoms with Gasteiger partial charge in [0.2, 0.25) is 0 Å². The van der Waals surface area contributed by atoms with Crippen molar-refractivity contribution in [3.8, 4) is 0 Å². The van der Waals surface area contributed by atoms with E-state index in [2.05, 4.69) is 13.2 Å².